The molecule has 2 heterocycles. The summed E-state index contributed by atoms with van der Waals surface area (Å²) >= 11 is 1.79. The fourth-order valence-electron chi connectivity index (χ4n) is 5.30. The molecule has 2 atom stereocenters. The standard InChI is InChI=1S/C20H30N2OS/c1-21(2)13-20-11-7-10-18(20)22(14-20)19(23)17-12-15-8-5-3-4-6-9-16(15)24-17/h12,18H,3-11,13-14H2,1-2H3. The molecule has 1 amide bonds. The first kappa shape index (κ1) is 16.6. The first-order valence-corrected chi connectivity index (χ1v) is 10.5. The number of fused-ring (bicyclic) bond motifs is 2. The van der Waals surface area contributed by atoms with Gasteiger partial charge in [0.15, 0.2) is 0 Å². The van der Waals surface area contributed by atoms with Gasteiger partial charge in [-0.05, 0) is 64.3 Å². The van der Waals surface area contributed by atoms with E-state index in [1.807, 2.05) is 0 Å². The van der Waals surface area contributed by atoms with Crippen molar-refractivity contribution >= 4 is 17.2 Å². The van der Waals surface area contributed by atoms with E-state index in [0.717, 1.165) is 18.0 Å². The summed E-state index contributed by atoms with van der Waals surface area (Å²) in [5, 5.41) is 0. The van der Waals surface area contributed by atoms with Crippen LogP contribution in [0.25, 0.3) is 0 Å². The van der Waals surface area contributed by atoms with Crippen molar-refractivity contribution in [2.75, 3.05) is 27.2 Å². The molecule has 1 saturated heterocycles. The molecule has 4 heteroatoms. The van der Waals surface area contributed by atoms with Gasteiger partial charge in [0.25, 0.3) is 5.91 Å². The van der Waals surface area contributed by atoms with Gasteiger partial charge in [0.05, 0.1) is 4.88 Å². The zero-order valence-corrected chi connectivity index (χ0v) is 16.0. The summed E-state index contributed by atoms with van der Waals surface area (Å²) in [6.07, 6.45) is 11.4. The second-order valence-corrected chi connectivity index (χ2v) is 9.55. The SMILES string of the molecule is CN(C)CC12CCCC1N(C(=O)c1cc3c(s1)CCCCCC3)C2. The largest absolute Gasteiger partial charge is 0.334 e. The van der Waals surface area contributed by atoms with E-state index < -0.39 is 0 Å². The number of nitrogens with zero attached hydrogens (tertiary/aromatic N) is 2. The van der Waals surface area contributed by atoms with Crippen molar-refractivity contribution in [3.63, 3.8) is 0 Å². The number of thiophene rings is 1. The Bertz CT molecular complexity index is 598. The van der Waals surface area contributed by atoms with Crippen LogP contribution in [-0.4, -0.2) is 48.9 Å². The molecule has 0 radical (unpaired) electrons. The summed E-state index contributed by atoms with van der Waals surface area (Å²) in [7, 11) is 4.32. The lowest BCUT2D eigenvalue weighted by Gasteiger charge is -2.55. The lowest BCUT2D eigenvalue weighted by atomic mass is 9.73. The van der Waals surface area contributed by atoms with E-state index in [0.29, 0.717) is 17.4 Å². The van der Waals surface area contributed by atoms with E-state index in [9.17, 15) is 4.79 Å². The van der Waals surface area contributed by atoms with Gasteiger partial charge in [0, 0.05) is 29.4 Å². The van der Waals surface area contributed by atoms with E-state index in [-0.39, 0.29) is 0 Å². The fraction of sp³-hybridized carbons (Fsp3) is 0.750. The van der Waals surface area contributed by atoms with Crippen LogP contribution in [0.3, 0.4) is 0 Å². The minimum atomic E-state index is 0.313. The van der Waals surface area contributed by atoms with Gasteiger partial charge >= 0.3 is 0 Å². The molecule has 2 unspecified atom stereocenters. The van der Waals surface area contributed by atoms with E-state index in [1.165, 1.54) is 68.2 Å². The molecule has 4 rings (SSSR count). The van der Waals surface area contributed by atoms with Crippen LogP contribution in [0.5, 0.6) is 0 Å². The van der Waals surface area contributed by atoms with Crippen LogP contribution in [0.1, 0.15) is 65.1 Å². The average molecular weight is 347 g/mol. The molecule has 0 aromatic carbocycles. The zero-order valence-electron chi connectivity index (χ0n) is 15.1. The Labute approximate surface area is 150 Å². The number of likely N-dealkylation sites (tertiary alicyclic amines) is 1. The second kappa shape index (κ2) is 6.45. The van der Waals surface area contributed by atoms with Gasteiger partial charge in [-0.2, -0.15) is 0 Å². The summed E-state index contributed by atoms with van der Waals surface area (Å²) in [5.74, 6) is 0.313. The van der Waals surface area contributed by atoms with Crippen LogP contribution < -0.4 is 0 Å². The predicted octanol–water partition coefficient (Wildman–Crippen LogP) is 3.96. The summed E-state index contributed by atoms with van der Waals surface area (Å²) in [6.45, 7) is 2.10. The lowest BCUT2D eigenvalue weighted by Crippen LogP contribution is -2.66. The van der Waals surface area contributed by atoms with E-state index in [2.05, 4.69) is 30.0 Å². The summed E-state index contributed by atoms with van der Waals surface area (Å²) in [6, 6.07) is 2.71. The number of aryl methyl sites for hydroxylation is 2. The fourth-order valence-corrected chi connectivity index (χ4v) is 6.51. The normalized spacial score (nSPS) is 29.6. The third-order valence-corrected chi connectivity index (χ3v) is 7.55. The van der Waals surface area contributed by atoms with Crippen LogP contribution >= 0.6 is 11.3 Å². The molecule has 0 bridgehead atoms. The smallest absolute Gasteiger partial charge is 0.264 e. The molecule has 1 aromatic rings. The molecule has 24 heavy (non-hydrogen) atoms. The number of amides is 1. The monoisotopic (exact) mass is 346 g/mol. The van der Waals surface area contributed by atoms with E-state index in [1.54, 1.807) is 11.3 Å². The Morgan fingerprint density at radius 2 is 2.04 bits per heavy atom. The number of hydrogen-bond donors (Lipinski definition) is 0. The van der Waals surface area contributed by atoms with Crippen molar-refractivity contribution in [2.45, 2.75) is 63.8 Å². The molecule has 3 nitrogen and oxygen atoms in total. The van der Waals surface area contributed by atoms with Crippen LogP contribution in [0, 0.1) is 5.41 Å². The molecule has 2 aliphatic carbocycles. The molecular weight excluding hydrogens is 316 g/mol. The third kappa shape index (κ3) is 2.82. The number of carbonyl (C=O) groups is 1. The molecule has 0 spiro atoms. The lowest BCUT2D eigenvalue weighted by molar-refractivity contribution is -0.0446. The highest BCUT2D eigenvalue weighted by molar-refractivity contribution is 7.14. The quantitative estimate of drug-likeness (QED) is 0.827. The van der Waals surface area contributed by atoms with Gasteiger partial charge in [-0.3, -0.25) is 4.79 Å². The van der Waals surface area contributed by atoms with Crippen molar-refractivity contribution in [2.24, 2.45) is 5.41 Å². The first-order chi connectivity index (χ1) is 11.6. The summed E-state index contributed by atoms with van der Waals surface area (Å²) in [4.78, 5) is 20.1. The van der Waals surface area contributed by atoms with Gasteiger partial charge in [0.1, 0.15) is 0 Å². The van der Waals surface area contributed by atoms with Crippen molar-refractivity contribution in [3.8, 4) is 0 Å². The van der Waals surface area contributed by atoms with Crippen molar-refractivity contribution in [1.82, 2.24) is 9.80 Å². The maximum atomic E-state index is 13.1. The maximum Gasteiger partial charge on any atom is 0.264 e. The number of carbonyl (C=O) groups excluding carboxylic acids is 1. The minimum Gasteiger partial charge on any atom is -0.334 e. The maximum absolute atomic E-state index is 13.1. The molecule has 3 aliphatic rings. The van der Waals surface area contributed by atoms with Crippen molar-refractivity contribution in [3.05, 3.63) is 21.4 Å². The second-order valence-electron chi connectivity index (χ2n) is 8.41. The highest BCUT2D eigenvalue weighted by Crippen LogP contribution is 2.51. The topological polar surface area (TPSA) is 23.6 Å². The highest BCUT2D eigenvalue weighted by Gasteiger charge is 2.57. The van der Waals surface area contributed by atoms with Crippen LogP contribution in [-0.2, 0) is 12.8 Å². The average Bonchev–Trinajstić information content (AvgIpc) is 3.02. The van der Waals surface area contributed by atoms with Gasteiger partial charge in [-0.1, -0.05) is 19.3 Å². The Morgan fingerprint density at radius 1 is 1.25 bits per heavy atom. The predicted molar refractivity (Wildman–Crippen MR) is 99.9 cm³/mol. The van der Waals surface area contributed by atoms with Crippen molar-refractivity contribution in [1.29, 1.82) is 0 Å². The van der Waals surface area contributed by atoms with Crippen LogP contribution in [0.15, 0.2) is 6.07 Å². The number of hydrogen-bond acceptors (Lipinski definition) is 3. The molecule has 1 aliphatic heterocycles. The molecule has 2 fully saturated rings. The Balaban J connectivity index is 1.50. The highest BCUT2D eigenvalue weighted by atomic mass is 32.1. The third-order valence-electron chi connectivity index (χ3n) is 6.32. The Kier molecular flexibility index (Phi) is 4.46. The van der Waals surface area contributed by atoms with Gasteiger partial charge in [-0.25, -0.2) is 0 Å². The molecular formula is C20H30N2OS. The van der Waals surface area contributed by atoms with Crippen LogP contribution in [0.4, 0.5) is 0 Å². The number of rotatable bonds is 3. The Morgan fingerprint density at radius 3 is 2.83 bits per heavy atom. The molecule has 1 aromatic heterocycles. The van der Waals surface area contributed by atoms with Gasteiger partial charge in [0.2, 0.25) is 0 Å². The van der Waals surface area contributed by atoms with Gasteiger partial charge in [-0.15, -0.1) is 11.3 Å². The Hall–Kier alpha value is -0.870. The minimum absolute atomic E-state index is 0.313. The first-order valence-electron chi connectivity index (χ1n) is 9.66. The summed E-state index contributed by atoms with van der Waals surface area (Å²) in [5.41, 5.74) is 1.85. The van der Waals surface area contributed by atoms with Gasteiger partial charge < -0.3 is 9.80 Å². The molecule has 132 valence electrons. The van der Waals surface area contributed by atoms with Crippen LogP contribution in [0.2, 0.25) is 0 Å². The zero-order chi connectivity index (χ0) is 16.7. The van der Waals surface area contributed by atoms with E-state index in [4.69, 9.17) is 0 Å². The van der Waals surface area contributed by atoms with Crippen molar-refractivity contribution < 1.29 is 4.79 Å². The molecule has 0 N–H and O–H groups in total. The molecule has 1 saturated carbocycles. The van der Waals surface area contributed by atoms with E-state index >= 15 is 0 Å². The summed E-state index contributed by atoms with van der Waals surface area (Å²) < 4.78 is 0.